The first-order valence-corrected chi connectivity index (χ1v) is 10.1. The normalized spacial score (nSPS) is 10.7. The fraction of sp³-hybridized carbons (Fsp3) is 0.136. The van der Waals surface area contributed by atoms with Crippen molar-refractivity contribution in [3.63, 3.8) is 0 Å². The predicted octanol–water partition coefficient (Wildman–Crippen LogP) is 4.64. The maximum atomic E-state index is 5.38. The summed E-state index contributed by atoms with van der Waals surface area (Å²) in [7, 11) is 1.69. The molecule has 7 heteroatoms. The number of hydrogen-bond acceptors (Lipinski definition) is 7. The van der Waals surface area contributed by atoms with Gasteiger partial charge in [-0.1, -0.05) is 30.3 Å². The third kappa shape index (κ3) is 4.96. The zero-order chi connectivity index (χ0) is 19.9. The first-order valence-electron chi connectivity index (χ1n) is 9.23. The summed E-state index contributed by atoms with van der Waals surface area (Å²) in [6, 6.07) is 17.9. The van der Waals surface area contributed by atoms with Gasteiger partial charge < -0.3 is 15.4 Å². The Kier molecular flexibility index (Phi) is 6.09. The van der Waals surface area contributed by atoms with Crippen molar-refractivity contribution in [3.05, 3.63) is 83.5 Å². The molecule has 0 fully saturated rings. The minimum Gasteiger partial charge on any atom is -0.496 e. The van der Waals surface area contributed by atoms with Gasteiger partial charge in [0.15, 0.2) is 0 Å². The molecule has 0 aliphatic heterocycles. The van der Waals surface area contributed by atoms with Crippen LogP contribution in [0.15, 0.2) is 72.4 Å². The molecule has 0 radical (unpaired) electrons. The van der Waals surface area contributed by atoms with Crippen LogP contribution in [0.25, 0.3) is 10.7 Å². The van der Waals surface area contributed by atoms with Crippen molar-refractivity contribution in [2.75, 3.05) is 12.4 Å². The summed E-state index contributed by atoms with van der Waals surface area (Å²) < 4.78 is 5.38. The zero-order valence-electron chi connectivity index (χ0n) is 16.0. The number of rotatable bonds is 8. The number of methoxy groups -OCH3 is 1. The van der Waals surface area contributed by atoms with Gasteiger partial charge in [-0.15, -0.1) is 11.3 Å². The van der Waals surface area contributed by atoms with Gasteiger partial charge in [0.05, 0.1) is 7.11 Å². The van der Waals surface area contributed by atoms with E-state index in [-0.39, 0.29) is 0 Å². The van der Waals surface area contributed by atoms with Gasteiger partial charge >= 0.3 is 0 Å². The average molecular weight is 404 g/mol. The van der Waals surface area contributed by atoms with E-state index in [0.29, 0.717) is 0 Å². The maximum absolute atomic E-state index is 5.38. The molecule has 0 atom stereocenters. The third-order valence-electron chi connectivity index (χ3n) is 4.32. The summed E-state index contributed by atoms with van der Waals surface area (Å²) in [5.74, 6) is 2.39. The van der Waals surface area contributed by atoms with E-state index in [0.717, 1.165) is 52.3 Å². The Bertz CT molecular complexity index is 1050. The number of anilines is 2. The highest BCUT2D eigenvalue weighted by atomic mass is 32.1. The molecule has 3 heterocycles. The Balaban J connectivity index is 1.34. The van der Waals surface area contributed by atoms with Crippen LogP contribution in [-0.4, -0.2) is 22.1 Å². The molecule has 4 aromatic rings. The fourth-order valence-corrected chi connectivity index (χ4v) is 3.50. The van der Waals surface area contributed by atoms with E-state index in [1.807, 2.05) is 54.0 Å². The Hall–Kier alpha value is -3.29. The van der Waals surface area contributed by atoms with Crippen LogP contribution < -0.4 is 15.4 Å². The van der Waals surface area contributed by atoms with Gasteiger partial charge in [0.1, 0.15) is 28.1 Å². The molecule has 3 aromatic heterocycles. The molecule has 4 rings (SSSR count). The second kappa shape index (κ2) is 9.27. The number of ether oxygens (including phenoxy) is 1. The Labute approximate surface area is 173 Å². The SMILES string of the molecule is COc1ccccc1CNCc1ccc(Nc2cccc(-c3nccs3)n2)nc1. The summed E-state index contributed by atoms with van der Waals surface area (Å²) in [6.45, 7) is 1.46. The summed E-state index contributed by atoms with van der Waals surface area (Å²) >= 11 is 1.57. The van der Waals surface area contributed by atoms with Crippen molar-refractivity contribution in [2.24, 2.45) is 0 Å². The van der Waals surface area contributed by atoms with E-state index in [1.54, 1.807) is 24.6 Å². The number of nitrogens with zero attached hydrogens (tertiary/aromatic N) is 3. The van der Waals surface area contributed by atoms with E-state index in [4.69, 9.17) is 4.74 Å². The maximum Gasteiger partial charge on any atom is 0.141 e. The molecule has 146 valence electrons. The van der Waals surface area contributed by atoms with Gasteiger partial charge in [-0.3, -0.25) is 0 Å². The van der Waals surface area contributed by atoms with Crippen LogP contribution in [-0.2, 0) is 13.1 Å². The number of nitrogens with one attached hydrogen (secondary N) is 2. The van der Waals surface area contributed by atoms with Gasteiger partial charge in [-0.05, 0) is 29.8 Å². The largest absolute Gasteiger partial charge is 0.496 e. The first-order chi connectivity index (χ1) is 14.3. The predicted molar refractivity (Wildman–Crippen MR) is 116 cm³/mol. The number of thiazole rings is 1. The molecule has 6 nitrogen and oxygen atoms in total. The summed E-state index contributed by atoms with van der Waals surface area (Å²) in [6.07, 6.45) is 3.65. The molecule has 29 heavy (non-hydrogen) atoms. The minimum absolute atomic E-state index is 0.725. The van der Waals surface area contributed by atoms with E-state index in [1.165, 1.54) is 0 Å². The summed E-state index contributed by atoms with van der Waals surface area (Å²) in [5, 5.41) is 9.52. The summed E-state index contributed by atoms with van der Waals surface area (Å²) in [5.41, 5.74) is 3.09. The van der Waals surface area contributed by atoms with Crippen LogP contribution in [0.3, 0.4) is 0 Å². The lowest BCUT2D eigenvalue weighted by atomic mass is 10.2. The van der Waals surface area contributed by atoms with Crippen molar-refractivity contribution in [1.29, 1.82) is 0 Å². The van der Waals surface area contributed by atoms with Gasteiger partial charge in [-0.2, -0.15) is 0 Å². The molecule has 0 amide bonds. The second-order valence-corrected chi connectivity index (χ2v) is 7.23. The van der Waals surface area contributed by atoms with E-state index < -0.39 is 0 Å². The lowest BCUT2D eigenvalue weighted by molar-refractivity contribution is 0.407. The standard InChI is InChI=1S/C22H21N5OS/c1-28-19-7-3-2-5-17(19)15-23-13-16-9-10-20(25-14-16)27-21-8-4-6-18(26-21)22-24-11-12-29-22/h2-12,14,23H,13,15H2,1H3,(H,25,26,27). The van der Waals surface area contributed by atoms with E-state index >= 15 is 0 Å². The van der Waals surface area contributed by atoms with Crippen molar-refractivity contribution >= 4 is 23.0 Å². The van der Waals surface area contributed by atoms with Crippen molar-refractivity contribution < 1.29 is 4.74 Å². The number of benzene rings is 1. The molecule has 0 saturated heterocycles. The van der Waals surface area contributed by atoms with Gasteiger partial charge in [0.25, 0.3) is 0 Å². The van der Waals surface area contributed by atoms with Crippen molar-refractivity contribution in [1.82, 2.24) is 20.3 Å². The van der Waals surface area contributed by atoms with Crippen molar-refractivity contribution in [2.45, 2.75) is 13.1 Å². The van der Waals surface area contributed by atoms with Crippen LogP contribution >= 0.6 is 11.3 Å². The topological polar surface area (TPSA) is 72.0 Å². The molecular weight excluding hydrogens is 382 g/mol. The summed E-state index contributed by atoms with van der Waals surface area (Å²) in [4.78, 5) is 13.4. The number of pyridine rings is 2. The number of hydrogen-bond donors (Lipinski definition) is 2. The molecule has 0 unspecified atom stereocenters. The van der Waals surface area contributed by atoms with Crippen molar-refractivity contribution in [3.8, 4) is 16.5 Å². The van der Waals surface area contributed by atoms with Gasteiger partial charge in [0.2, 0.25) is 0 Å². The van der Waals surface area contributed by atoms with Crippen LogP contribution in [0, 0.1) is 0 Å². The number of para-hydroxylation sites is 1. The highest BCUT2D eigenvalue weighted by molar-refractivity contribution is 7.13. The molecule has 0 aliphatic rings. The van der Waals surface area contributed by atoms with Gasteiger partial charge in [-0.25, -0.2) is 15.0 Å². The molecule has 0 spiro atoms. The van der Waals surface area contributed by atoms with E-state index in [2.05, 4.69) is 37.7 Å². The molecule has 0 saturated carbocycles. The second-order valence-electron chi connectivity index (χ2n) is 6.34. The number of aromatic nitrogens is 3. The van der Waals surface area contributed by atoms with E-state index in [9.17, 15) is 0 Å². The Morgan fingerprint density at radius 1 is 0.931 bits per heavy atom. The lowest BCUT2D eigenvalue weighted by Gasteiger charge is -2.10. The highest BCUT2D eigenvalue weighted by Crippen LogP contribution is 2.22. The minimum atomic E-state index is 0.725. The fourth-order valence-electron chi connectivity index (χ4n) is 2.90. The molecule has 2 N–H and O–H groups in total. The molecule has 1 aromatic carbocycles. The first kappa shape index (κ1) is 19.0. The Morgan fingerprint density at radius 3 is 2.66 bits per heavy atom. The highest BCUT2D eigenvalue weighted by Gasteiger charge is 2.05. The Morgan fingerprint density at radius 2 is 1.86 bits per heavy atom. The van der Waals surface area contributed by atoms with Crippen LogP contribution in [0.1, 0.15) is 11.1 Å². The monoisotopic (exact) mass is 403 g/mol. The molecule has 0 aliphatic carbocycles. The quantitative estimate of drug-likeness (QED) is 0.446. The van der Waals surface area contributed by atoms with Crippen LogP contribution in [0.2, 0.25) is 0 Å². The van der Waals surface area contributed by atoms with Gasteiger partial charge in [0, 0.05) is 36.4 Å². The molecule has 0 bridgehead atoms. The van der Waals surface area contributed by atoms with Crippen LogP contribution in [0.5, 0.6) is 5.75 Å². The average Bonchev–Trinajstić information content (AvgIpc) is 3.31. The van der Waals surface area contributed by atoms with Crippen LogP contribution in [0.4, 0.5) is 11.6 Å². The zero-order valence-corrected chi connectivity index (χ0v) is 16.8. The lowest BCUT2D eigenvalue weighted by Crippen LogP contribution is -2.13. The third-order valence-corrected chi connectivity index (χ3v) is 5.11. The molecular formula is C22H21N5OS. The smallest absolute Gasteiger partial charge is 0.141 e.